The molecule has 0 saturated carbocycles. The molecule has 3 N–H and O–H groups in total. The van der Waals surface area contributed by atoms with Crippen LogP contribution in [-0.4, -0.2) is 37.8 Å². The predicted octanol–water partition coefficient (Wildman–Crippen LogP) is 0.953. The standard InChI is InChI=1S/C9H22N3O3P/c1-9(2,3)8-14-16(10,13)15-12-6-4-11-5-7-12/h11H,4-8H2,1-3H3,(H2,10,13). The molecule has 7 heteroatoms. The van der Waals surface area contributed by atoms with Crippen LogP contribution < -0.4 is 10.8 Å². The quantitative estimate of drug-likeness (QED) is 0.724. The van der Waals surface area contributed by atoms with Crippen molar-refractivity contribution in [2.24, 2.45) is 10.9 Å². The summed E-state index contributed by atoms with van der Waals surface area (Å²) in [6.45, 7) is 9.21. The van der Waals surface area contributed by atoms with Gasteiger partial charge in [0.25, 0.3) is 0 Å². The molecule has 6 nitrogen and oxygen atoms in total. The van der Waals surface area contributed by atoms with Crippen molar-refractivity contribution in [2.45, 2.75) is 20.8 Å². The van der Waals surface area contributed by atoms with Crippen molar-refractivity contribution in [3.63, 3.8) is 0 Å². The lowest BCUT2D eigenvalue weighted by atomic mass is 9.99. The fourth-order valence-corrected chi connectivity index (χ4v) is 2.29. The van der Waals surface area contributed by atoms with Gasteiger partial charge in [-0.05, 0) is 5.41 Å². The highest BCUT2D eigenvalue weighted by molar-refractivity contribution is 7.51. The molecule has 0 aromatic heterocycles. The highest BCUT2D eigenvalue weighted by Crippen LogP contribution is 2.41. The van der Waals surface area contributed by atoms with Crippen LogP contribution in [-0.2, 0) is 13.7 Å². The molecule has 0 aromatic rings. The fourth-order valence-electron chi connectivity index (χ4n) is 1.19. The van der Waals surface area contributed by atoms with E-state index in [0.717, 1.165) is 13.1 Å². The van der Waals surface area contributed by atoms with Gasteiger partial charge in [-0.25, -0.2) is 14.7 Å². The average Bonchev–Trinajstić information content (AvgIpc) is 2.15. The molecule has 96 valence electrons. The van der Waals surface area contributed by atoms with Gasteiger partial charge in [-0.3, -0.25) is 4.52 Å². The summed E-state index contributed by atoms with van der Waals surface area (Å²) in [5, 5.41) is 4.76. The lowest BCUT2D eigenvalue weighted by Crippen LogP contribution is -2.43. The van der Waals surface area contributed by atoms with E-state index in [4.69, 9.17) is 14.7 Å². The zero-order valence-corrected chi connectivity index (χ0v) is 11.1. The van der Waals surface area contributed by atoms with Crippen molar-refractivity contribution in [1.82, 2.24) is 10.4 Å². The molecule has 0 bridgehead atoms. The Morgan fingerprint density at radius 1 is 1.38 bits per heavy atom. The van der Waals surface area contributed by atoms with E-state index in [-0.39, 0.29) is 5.41 Å². The molecule has 1 fully saturated rings. The van der Waals surface area contributed by atoms with E-state index in [0.29, 0.717) is 19.7 Å². The largest absolute Gasteiger partial charge is 0.419 e. The van der Waals surface area contributed by atoms with Crippen molar-refractivity contribution in [3.8, 4) is 0 Å². The zero-order chi connectivity index (χ0) is 12.2. The third kappa shape index (κ3) is 5.94. The van der Waals surface area contributed by atoms with Crippen molar-refractivity contribution >= 4 is 7.75 Å². The molecule has 16 heavy (non-hydrogen) atoms. The maximum Gasteiger partial charge on any atom is 0.419 e. The third-order valence-electron chi connectivity index (χ3n) is 1.98. The van der Waals surface area contributed by atoms with Crippen LogP contribution in [0.15, 0.2) is 0 Å². The van der Waals surface area contributed by atoms with Gasteiger partial charge in [0, 0.05) is 26.2 Å². The molecule has 0 aliphatic carbocycles. The van der Waals surface area contributed by atoms with E-state index >= 15 is 0 Å². The minimum atomic E-state index is -3.46. The normalized spacial score (nSPS) is 23.0. The van der Waals surface area contributed by atoms with E-state index in [1.165, 1.54) is 0 Å². The SMILES string of the molecule is CC(C)(C)COP(N)(=O)ON1CCNCC1. The number of piperazine rings is 1. The van der Waals surface area contributed by atoms with Crippen LogP contribution in [0.2, 0.25) is 0 Å². The Bertz CT molecular complexity index is 261. The first kappa shape index (κ1) is 14.1. The lowest BCUT2D eigenvalue weighted by Gasteiger charge is -2.29. The van der Waals surface area contributed by atoms with Crippen LogP contribution in [0.25, 0.3) is 0 Å². The number of nitrogens with one attached hydrogen (secondary N) is 1. The molecule has 1 heterocycles. The summed E-state index contributed by atoms with van der Waals surface area (Å²) in [4.78, 5) is 0. The van der Waals surface area contributed by atoms with Gasteiger partial charge in [0.15, 0.2) is 0 Å². The second-order valence-corrected chi connectivity index (χ2v) is 6.64. The molecule has 0 aromatic carbocycles. The number of hydroxylamine groups is 2. The zero-order valence-electron chi connectivity index (χ0n) is 10.2. The Labute approximate surface area is 97.0 Å². The number of rotatable bonds is 4. The second kappa shape index (κ2) is 5.58. The summed E-state index contributed by atoms with van der Waals surface area (Å²) in [6.07, 6.45) is 0. The predicted molar refractivity (Wildman–Crippen MR) is 62.7 cm³/mol. The average molecular weight is 251 g/mol. The molecular formula is C9H22N3O3P. The van der Waals surface area contributed by atoms with E-state index < -0.39 is 7.75 Å². The summed E-state index contributed by atoms with van der Waals surface area (Å²) in [5.74, 6) is 0. The van der Waals surface area contributed by atoms with Crippen LogP contribution in [0.5, 0.6) is 0 Å². The van der Waals surface area contributed by atoms with Gasteiger partial charge in [-0.2, -0.15) is 5.06 Å². The van der Waals surface area contributed by atoms with E-state index in [9.17, 15) is 4.57 Å². The Kier molecular flexibility index (Phi) is 4.91. The Morgan fingerprint density at radius 2 is 1.94 bits per heavy atom. The molecule has 0 radical (unpaired) electrons. The van der Waals surface area contributed by atoms with Crippen molar-refractivity contribution in [1.29, 1.82) is 0 Å². The fraction of sp³-hybridized carbons (Fsp3) is 1.00. The van der Waals surface area contributed by atoms with E-state index in [2.05, 4.69) is 5.32 Å². The minimum Gasteiger partial charge on any atom is -0.314 e. The van der Waals surface area contributed by atoms with Crippen LogP contribution >= 0.6 is 7.75 Å². The van der Waals surface area contributed by atoms with Crippen LogP contribution in [0.3, 0.4) is 0 Å². The maximum atomic E-state index is 11.8. The summed E-state index contributed by atoms with van der Waals surface area (Å²) in [5.41, 5.74) is 5.42. The van der Waals surface area contributed by atoms with Crippen LogP contribution in [0.4, 0.5) is 0 Å². The number of nitrogens with zero attached hydrogens (tertiary/aromatic N) is 1. The first-order chi connectivity index (χ1) is 7.29. The summed E-state index contributed by atoms with van der Waals surface area (Å²) >= 11 is 0. The summed E-state index contributed by atoms with van der Waals surface area (Å²) < 4.78 is 22.1. The molecule has 1 saturated heterocycles. The molecule has 1 aliphatic heterocycles. The van der Waals surface area contributed by atoms with Gasteiger partial charge in [-0.15, -0.1) is 0 Å². The maximum absolute atomic E-state index is 11.8. The third-order valence-corrected chi connectivity index (χ3v) is 2.93. The van der Waals surface area contributed by atoms with Gasteiger partial charge in [0.05, 0.1) is 6.61 Å². The minimum absolute atomic E-state index is 0.0815. The summed E-state index contributed by atoms with van der Waals surface area (Å²) in [6, 6.07) is 0. The van der Waals surface area contributed by atoms with Gasteiger partial charge >= 0.3 is 7.75 Å². The van der Waals surface area contributed by atoms with Crippen LogP contribution in [0.1, 0.15) is 20.8 Å². The van der Waals surface area contributed by atoms with Gasteiger partial charge in [-0.1, -0.05) is 20.8 Å². The van der Waals surface area contributed by atoms with E-state index in [1.807, 2.05) is 20.8 Å². The number of nitrogens with two attached hydrogens (primary N) is 1. The van der Waals surface area contributed by atoms with Gasteiger partial charge in [0.1, 0.15) is 0 Å². The van der Waals surface area contributed by atoms with Gasteiger partial charge in [0.2, 0.25) is 0 Å². The molecular weight excluding hydrogens is 229 g/mol. The highest BCUT2D eigenvalue weighted by Gasteiger charge is 2.26. The Hall–Kier alpha value is 0.0300. The first-order valence-corrected chi connectivity index (χ1v) is 7.08. The highest BCUT2D eigenvalue weighted by atomic mass is 31.2. The van der Waals surface area contributed by atoms with Crippen molar-refractivity contribution < 1.29 is 13.7 Å². The number of hydrogen-bond donors (Lipinski definition) is 2. The van der Waals surface area contributed by atoms with Crippen molar-refractivity contribution in [3.05, 3.63) is 0 Å². The first-order valence-electron chi connectivity index (χ1n) is 5.47. The Morgan fingerprint density at radius 3 is 2.44 bits per heavy atom. The molecule has 1 aliphatic rings. The number of hydrogen-bond acceptors (Lipinski definition) is 5. The molecule has 0 spiro atoms. The molecule has 1 rings (SSSR count). The van der Waals surface area contributed by atoms with Crippen molar-refractivity contribution in [2.75, 3.05) is 32.8 Å². The monoisotopic (exact) mass is 251 g/mol. The summed E-state index contributed by atoms with van der Waals surface area (Å²) in [7, 11) is -3.46. The molecule has 1 atom stereocenters. The second-order valence-electron chi connectivity index (χ2n) is 5.13. The topological polar surface area (TPSA) is 76.8 Å². The molecule has 1 unspecified atom stereocenters. The smallest absolute Gasteiger partial charge is 0.314 e. The lowest BCUT2D eigenvalue weighted by molar-refractivity contribution is -0.0809. The molecule has 0 amide bonds. The van der Waals surface area contributed by atoms with Gasteiger partial charge < -0.3 is 5.32 Å². The van der Waals surface area contributed by atoms with Crippen LogP contribution in [0, 0.1) is 5.41 Å². The van der Waals surface area contributed by atoms with E-state index in [1.54, 1.807) is 5.06 Å². The Balaban J connectivity index is 2.35.